The van der Waals surface area contributed by atoms with E-state index < -0.39 is 38.7 Å². The first kappa shape index (κ1) is 25.1. The first-order chi connectivity index (χ1) is 16.6. The van der Waals surface area contributed by atoms with E-state index in [4.69, 9.17) is 23.2 Å². The smallest absolute Gasteiger partial charge is 0.232 e. The highest BCUT2D eigenvalue weighted by Gasteiger charge is 2.23. The molecule has 0 aliphatic carbocycles. The number of sulfonamides is 1. The third-order valence-electron chi connectivity index (χ3n) is 5.23. The Morgan fingerprint density at radius 1 is 1.14 bits per heavy atom. The van der Waals surface area contributed by atoms with E-state index in [1.54, 1.807) is 31.2 Å². The van der Waals surface area contributed by atoms with Crippen molar-refractivity contribution in [1.29, 1.82) is 0 Å². The molecule has 4 aromatic rings. The molecule has 2 aromatic heterocycles. The molecular weight excluding hydrogens is 519 g/mol. The molecule has 0 bridgehead atoms. The van der Waals surface area contributed by atoms with Crippen molar-refractivity contribution in [2.24, 2.45) is 0 Å². The van der Waals surface area contributed by atoms with Gasteiger partial charge in [0.25, 0.3) is 0 Å². The molecule has 182 valence electrons. The van der Waals surface area contributed by atoms with E-state index in [0.29, 0.717) is 38.8 Å². The van der Waals surface area contributed by atoms with E-state index >= 15 is 0 Å². The molecule has 4 rings (SSSR count). The Morgan fingerprint density at radius 3 is 2.63 bits per heavy atom. The maximum absolute atomic E-state index is 15.0. The van der Waals surface area contributed by atoms with Gasteiger partial charge in [0, 0.05) is 28.6 Å². The zero-order valence-corrected chi connectivity index (χ0v) is 20.7. The lowest BCUT2D eigenvalue weighted by Crippen LogP contribution is -2.19. The Kier molecular flexibility index (Phi) is 7.12. The van der Waals surface area contributed by atoms with Crippen LogP contribution < -0.4 is 4.72 Å². The monoisotopic (exact) mass is 537 g/mol. The molecule has 0 fully saturated rings. The van der Waals surface area contributed by atoms with E-state index in [0.717, 1.165) is 17.7 Å². The SMILES string of the molecule is CCCS(=O)(=O)Nc1ccc(F)c(C(=O)Cc2cnc3[nH]c(-c4cccc(Cl)c4)c(Cl)c3c2)c1F. The number of aromatic nitrogens is 2. The average Bonchev–Trinajstić information content (AvgIpc) is 3.12. The van der Waals surface area contributed by atoms with Crippen molar-refractivity contribution >= 4 is 55.7 Å². The second-order valence-electron chi connectivity index (χ2n) is 7.87. The summed E-state index contributed by atoms with van der Waals surface area (Å²) in [6.07, 6.45) is 1.33. The van der Waals surface area contributed by atoms with E-state index in [9.17, 15) is 22.0 Å². The minimum absolute atomic E-state index is 0.243. The van der Waals surface area contributed by atoms with E-state index in [2.05, 4.69) is 14.7 Å². The lowest BCUT2D eigenvalue weighted by Gasteiger charge is -2.11. The van der Waals surface area contributed by atoms with Gasteiger partial charge >= 0.3 is 0 Å². The van der Waals surface area contributed by atoms with Crippen LogP contribution in [0.25, 0.3) is 22.3 Å². The zero-order valence-electron chi connectivity index (χ0n) is 18.3. The molecule has 2 heterocycles. The van der Waals surface area contributed by atoms with E-state index in [-0.39, 0.29) is 12.2 Å². The van der Waals surface area contributed by atoms with Gasteiger partial charge in [0.2, 0.25) is 10.0 Å². The molecule has 2 N–H and O–H groups in total. The van der Waals surface area contributed by atoms with Gasteiger partial charge in [-0.05, 0) is 42.3 Å². The number of rotatable bonds is 8. The minimum Gasteiger partial charge on any atom is -0.338 e. The topological polar surface area (TPSA) is 91.9 Å². The molecule has 6 nitrogen and oxygen atoms in total. The number of nitrogens with zero attached hydrogens (tertiary/aromatic N) is 1. The van der Waals surface area contributed by atoms with Crippen LogP contribution in [0.4, 0.5) is 14.5 Å². The molecule has 0 spiro atoms. The molecule has 0 aliphatic heterocycles. The minimum atomic E-state index is -3.83. The summed E-state index contributed by atoms with van der Waals surface area (Å²) < 4.78 is 55.4. The van der Waals surface area contributed by atoms with Gasteiger partial charge in [-0.15, -0.1) is 0 Å². The second-order valence-corrected chi connectivity index (χ2v) is 10.5. The van der Waals surface area contributed by atoms with Gasteiger partial charge in [-0.1, -0.05) is 42.3 Å². The lowest BCUT2D eigenvalue weighted by atomic mass is 10.0. The molecule has 0 unspecified atom stereocenters. The molecule has 0 amide bonds. The molecule has 0 saturated carbocycles. The predicted octanol–water partition coefficient (Wildman–Crippen LogP) is 6.39. The molecule has 0 atom stereocenters. The first-order valence-corrected chi connectivity index (χ1v) is 12.9. The zero-order chi connectivity index (χ0) is 25.3. The van der Waals surface area contributed by atoms with Gasteiger partial charge in [0.1, 0.15) is 11.5 Å². The van der Waals surface area contributed by atoms with Gasteiger partial charge in [-0.25, -0.2) is 22.2 Å². The van der Waals surface area contributed by atoms with Crippen LogP contribution in [0.15, 0.2) is 48.7 Å². The Hall–Kier alpha value is -3.01. The number of carbonyl (C=O) groups excluding carboxylic acids is 1. The van der Waals surface area contributed by atoms with Crippen molar-refractivity contribution in [3.05, 3.63) is 81.5 Å². The van der Waals surface area contributed by atoms with Gasteiger partial charge in [0.05, 0.1) is 27.7 Å². The number of aromatic amines is 1. The standard InChI is InChI=1S/C24H19Cl2F2N3O3S/c1-2-8-35(33,34)31-18-7-6-17(27)20(22(18)28)19(32)10-13-9-16-21(26)23(30-24(16)29-12-13)14-4-3-5-15(25)11-14/h3-7,9,11-12,31H,2,8,10H2,1H3,(H,29,30). The predicted molar refractivity (Wildman–Crippen MR) is 134 cm³/mol. The number of fused-ring (bicyclic) bond motifs is 1. The summed E-state index contributed by atoms with van der Waals surface area (Å²) in [6.45, 7) is 1.65. The number of H-pyrrole nitrogens is 1. The second kappa shape index (κ2) is 9.93. The number of halogens is 4. The molecule has 0 radical (unpaired) electrons. The lowest BCUT2D eigenvalue weighted by molar-refractivity contribution is 0.0985. The largest absolute Gasteiger partial charge is 0.338 e. The summed E-state index contributed by atoms with van der Waals surface area (Å²) in [7, 11) is -3.83. The van der Waals surface area contributed by atoms with Crippen molar-refractivity contribution in [2.75, 3.05) is 10.5 Å². The number of hydrogen-bond donors (Lipinski definition) is 2. The number of nitrogens with one attached hydrogen (secondary N) is 2. The molecule has 35 heavy (non-hydrogen) atoms. The van der Waals surface area contributed by atoms with Crippen LogP contribution in [-0.2, 0) is 16.4 Å². The summed E-state index contributed by atoms with van der Waals surface area (Å²) in [4.78, 5) is 20.2. The van der Waals surface area contributed by atoms with Crippen molar-refractivity contribution < 1.29 is 22.0 Å². The quantitative estimate of drug-likeness (QED) is 0.254. The van der Waals surface area contributed by atoms with Crippen LogP contribution in [0.5, 0.6) is 0 Å². The van der Waals surface area contributed by atoms with Crippen LogP contribution in [-0.4, -0.2) is 29.9 Å². The number of benzene rings is 2. The third-order valence-corrected chi connectivity index (χ3v) is 7.33. The number of pyridine rings is 1. The van der Waals surface area contributed by atoms with Crippen LogP contribution >= 0.6 is 23.2 Å². The number of hydrogen-bond acceptors (Lipinski definition) is 4. The average molecular weight is 538 g/mol. The van der Waals surface area contributed by atoms with Crippen LogP contribution in [0.1, 0.15) is 29.3 Å². The summed E-state index contributed by atoms with van der Waals surface area (Å²) in [6, 6.07) is 10.5. The van der Waals surface area contributed by atoms with Gasteiger partial charge in [0.15, 0.2) is 11.6 Å². The fourth-order valence-electron chi connectivity index (χ4n) is 3.67. The van der Waals surface area contributed by atoms with E-state index in [1.807, 2.05) is 6.07 Å². The van der Waals surface area contributed by atoms with E-state index in [1.165, 1.54) is 6.20 Å². The Bertz CT molecular complexity index is 1560. The van der Waals surface area contributed by atoms with Gasteiger partial charge < -0.3 is 4.98 Å². The van der Waals surface area contributed by atoms with Crippen molar-refractivity contribution in [3.8, 4) is 11.3 Å². The van der Waals surface area contributed by atoms with Crippen LogP contribution in [0.2, 0.25) is 10.0 Å². The normalized spacial score (nSPS) is 11.7. The third kappa shape index (κ3) is 5.32. The van der Waals surface area contributed by atoms with Crippen LogP contribution in [0, 0.1) is 11.6 Å². The fourth-order valence-corrected chi connectivity index (χ4v) is 5.29. The summed E-state index contributed by atoms with van der Waals surface area (Å²) >= 11 is 12.6. The Morgan fingerprint density at radius 2 is 1.91 bits per heavy atom. The summed E-state index contributed by atoms with van der Waals surface area (Å²) in [5, 5.41) is 1.41. The fraction of sp³-hybridized carbons (Fsp3) is 0.167. The number of carbonyl (C=O) groups is 1. The number of ketones is 1. The summed E-state index contributed by atoms with van der Waals surface area (Å²) in [5.41, 5.74) is 0.842. The van der Waals surface area contributed by atoms with Crippen molar-refractivity contribution in [3.63, 3.8) is 0 Å². The number of Topliss-reactive ketones (excluding diaryl/α,β-unsaturated/α-hetero) is 1. The van der Waals surface area contributed by atoms with Crippen molar-refractivity contribution in [1.82, 2.24) is 9.97 Å². The molecule has 0 saturated heterocycles. The van der Waals surface area contributed by atoms with Crippen molar-refractivity contribution in [2.45, 2.75) is 19.8 Å². The maximum Gasteiger partial charge on any atom is 0.232 e. The first-order valence-electron chi connectivity index (χ1n) is 10.5. The molecule has 2 aromatic carbocycles. The maximum atomic E-state index is 15.0. The van der Waals surface area contributed by atoms with Gasteiger partial charge in [-0.3, -0.25) is 9.52 Å². The molecule has 11 heteroatoms. The Balaban J connectivity index is 1.65. The molecular formula is C24H19Cl2F2N3O3S. The summed E-state index contributed by atoms with van der Waals surface area (Å²) in [5.74, 6) is -3.48. The van der Waals surface area contributed by atoms with Crippen LogP contribution in [0.3, 0.4) is 0 Å². The highest BCUT2D eigenvalue weighted by Crippen LogP contribution is 2.35. The highest BCUT2D eigenvalue weighted by molar-refractivity contribution is 7.92. The number of anilines is 1. The molecule has 0 aliphatic rings. The highest BCUT2D eigenvalue weighted by atomic mass is 35.5. The van der Waals surface area contributed by atoms with Gasteiger partial charge in [-0.2, -0.15) is 0 Å². The Labute approximate surface area is 210 Å².